The molecule has 3 rings (SSSR count). The number of nitrogens with one attached hydrogen (secondary N) is 1. The van der Waals surface area contributed by atoms with Crippen LogP contribution in [0.3, 0.4) is 0 Å². The molecule has 8 heteroatoms. The summed E-state index contributed by atoms with van der Waals surface area (Å²) in [5.74, 6) is -1.67. The van der Waals surface area contributed by atoms with Gasteiger partial charge in [-0.05, 0) is 41.8 Å². The summed E-state index contributed by atoms with van der Waals surface area (Å²) in [6.45, 7) is 3.37. The van der Waals surface area contributed by atoms with Gasteiger partial charge in [0.2, 0.25) is 5.78 Å². The van der Waals surface area contributed by atoms with E-state index in [0.717, 1.165) is 23.5 Å². The highest BCUT2D eigenvalue weighted by Crippen LogP contribution is 2.41. The van der Waals surface area contributed by atoms with Gasteiger partial charge >= 0.3 is 0 Å². The molecule has 1 N–H and O–H groups in total. The van der Waals surface area contributed by atoms with Gasteiger partial charge in [0.15, 0.2) is 11.5 Å². The van der Waals surface area contributed by atoms with Crippen molar-refractivity contribution >= 4 is 17.4 Å². The van der Waals surface area contributed by atoms with E-state index < -0.39 is 29.3 Å². The fraction of sp³-hybridized carbons (Fsp3) is 0.360. The summed E-state index contributed by atoms with van der Waals surface area (Å²) in [5.41, 5.74) is 0.561. The van der Waals surface area contributed by atoms with Crippen LogP contribution >= 0.6 is 0 Å². The van der Waals surface area contributed by atoms with Gasteiger partial charge in [0.25, 0.3) is 5.91 Å². The average molecular weight is 457 g/mol. The molecule has 0 aliphatic carbocycles. The number of hydrogen-bond acceptors (Lipinski definition) is 5. The molecule has 7 nitrogen and oxygen atoms in total. The molecule has 1 aliphatic rings. The Morgan fingerprint density at radius 1 is 1.12 bits per heavy atom. The first-order chi connectivity index (χ1) is 15.8. The molecule has 1 fully saturated rings. The zero-order chi connectivity index (χ0) is 24.1. The topological polar surface area (TPSA) is 83.3 Å². The minimum absolute atomic E-state index is 0.146. The van der Waals surface area contributed by atoms with Crippen LogP contribution in [0.15, 0.2) is 48.0 Å². The van der Waals surface area contributed by atoms with E-state index in [0.29, 0.717) is 30.2 Å². The Bertz CT molecular complexity index is 1050. The van der Waals surface area contributed by atoms with E-state index in [1.54, 1.807) is 18.2 Å². The highest BCUT2D eigenvalue weighted by molar-refractivity contribution is 6.46. The van der Waals surface area contributed by atoms with Gasteiger partial charge in [0, 0.05) is 5.57 Å². The summed E-state index contributed by atoms with van der Waals surface area (Å²) in [6, 6.07) is 9.19. The number of benzene rings is 2. The number of methoxy groups -OCH3 is 1. The van der Waals surface area contributed by atoms with Gasteiger partial charge in [0.1, 0.15) is 5.82 Å². The lowest BCUT2D eigenvalue weighted by Gasteiger charge is -2.28. The van der Waals surface area contributed by atoms with Gasteiger partial charge in [-0.25, -0.2) is 4.39 Å². The molecule has 2 aromatic carbocycles. The Labute approximate surface area is 193 Å². The molecule has 1 aliphatic heterocycles. The Morgan fingerprint density at radius 2 is 1.82 bits per heavy atom. The number of quaternary nitrogens is 1. The van der Waals surface area contributed by atoms with Crippen LogP contribution in [-0.4, -0.2) is 57.5 Å². The Hall–Kier alpha value is -3.39. The summed E-state index contributed by atoms with van der Waals surface area (Å²) in [4.78, 5) is 28.5. The molecule has 0 spiro atoms. The lowest BCUT2D eigenvalue weighted by molar-refractivity contribution is -0.857. The van der Waals surface area contributed by atoms with Crippen molar-refractivity contribution in [2.75, 3.05) is 40.9 Å². The van der Waals surface area contributed by atoms with Crippen molar-refractivity contribution in [3.63, 3.8) is 0 Å². The Kier molecular flexibility index (Phi) is 7.71. The summed E-state index contributed by atoms with van der Waals surface area (Å²) in [7, 11) is 5.38. The molecule has 0 aromatic heterocycles. The summed E-state index contributed by atoms with van der Waals surface area (Å²) < 4.78 is 24.6. The fourth-order valence-corrected chi connectivity index (χ4v) is 3.73. The van der Waals surface area contributed by atoms with Crippen LogP contribution in [0.5, 0.6) is 11.5 Å². The van der Waals surface area contributed by atoms with Crippen molar-refractivity contribution in [3.05, 3.63) is 65.0 Å². The van der Waals surface area contributed by atoms with Gasteiger partial charge < -0.3 is 24.4 Å². The number of ether oxygens (including phenoxy) is 2. The predicted octanol–water partition coefficient (Wildman–Crippen LogP) is 0.992. The SMILES string of the molecule is CCCOc1ccc(C2C(=C([O-])c3ccc(F)cc3)C(=O)C(=O)N2CC[NH+](C)C)cc1OC. The number of halogens is 1. The van der Waals surface area contributed by atoms with Crippen LogP contribution in [-0.2, 0) is 9.59 Å². The normalized spacial score (nSPS) is 17.6. The van der Waals surface area contributed by atoms with E-state index in [1.165, 1.54) is 24.1 Å². The Morgan fingerprint density at radius 3 is 2.42 bits per heavy atom. The number of amides is 1. The molecule has 33 heavy (non-hydrogen) atoms. The van der Waals surface area contributed by atoms with Crippen molar-refractivity contribution in [1.82, 2.24) is 4.90 Å². The summed E-state index contributed by atoms with van der Waals surface area (Å²) >= 11 is 0. The lowest BCUT2D eigenvalue weighted by atomic mass is 9.95. The largest absolute Gasteiger partial charge is 0.872 e. The number of likely N-dealkylation sites (tertiary alicyclic amines) is 1. The van der Waals surface area contributed by atoms with E-state index in [9.17, 15) is 19.1 Å². The number of rotatable bonds is 9. The molecule has 1 amide bonds. The first kappa shape index (κ1) is 24.3. The number of hydrogen-bond donors (Lipinski definition) is 1. The zero-order valence-electron chi connectivity index (χ0n) is 19.3. The minimum atomic E-state index is -0.879. The number of Topliss-reactive ketones (excluding diaryl/α,β-unsaturated/α-hetero) is 1. The Balaban J connectivity index is 2.14. The van der Waals surface area contributed by atoms with E-state index in [2.05, 4.69) is 0 Å². The van der Waals surface area contributed by atoms with Gasteiger partial charge in [-0.3, -0.25) is 9.59 Å². The second-order valence-corrected chi connectivity index (χ2v) is 8.20. The number of nitrogens with zero attached hydrogens (tertiary/aromatic N) is 1. The van der Waals surface area contributed by atoms with E-state index in [-0.39, 0.29) is 17.7 Å². The third-order valence-electron chi connectivity index (χ3n) is 5.45. The molecule has 0 radical (unpaired) electrons. The van der Waals surface area contributed by atoms with Crippen LogP contribution in [0, 0.1) is 5.82 Å². The average Bonchev–Trinajstić information content (AvgIpc) is 3.06. The maximum atomic E-state index is 13.4. The molecule has 0 bridgehead atoms. The van der Waals surface area contributed by atoms with E-state index in [4.69, 9.17) is 9.47 Å². The molecule has 1 saturated heterocycles. The third kappa shape index (κ3) is 5.17. The summed E-state index contributed by atoms with van der Waals surface area (Å²) in [6.07, 6.45) is 0.821. The second-order valence-electron chi connectivity index (χ2n) is 8.20. The van der Waals surface area contributed by atoms with Crippen molar-refractivity contribution < 1.29 is 33.5 Å². The van der Waals surface area contributed by atoms with Gasteiger partial charge in [-0.15, -0.1) is 0 Å². The fourth-order valence-electron chi connectivity index (χ4n) is 3.73. The smallest absolute Gasteiger partial charge is 0.295 e. The molecule has 0 saturated carbocycles. The van der Waals surface area contributed by atoms with Crippen LogP contribution in [0.25, 0.3) is 5.76 Å². The van der Waals surface area contributed by atoms with Crippen molar-refractivity contribution in [2.24, 2.45) is 0 Å². The van der Waals surface area contributed by atoms with Crippen molar-refractivity contribution in [3.8, 4) is 11.5 Å². The first-order valence-corrected chi connectivity index (χ1v) is 10.9. The van der Waals surface area contributed by atoms with Crippen LogP contribution < -0.4 is 19.5 Å². The number of likely N-dealkylation sites (N-methyl/N-ethyl adjacent to an activating group) is 1. The number of carbonyl (C=O) groups excluding carboxylic acids is 2. The van der Waals surface area contributed by atoms with Gasteiger partial charge in [-0.1, -0.05) is 30.9 Å². The summed E-state index contributed by atoms with van der Waals surface area (Å²) in [5, 5.41) is 13.3. The quantitative estimate of drug-likeness (QED) is 0.346. The maximum absolute atomic E-state index is 13.4. The highest BCUT2D eigenvalue weighted by atomic mass is 19.1. The van der Waals surface area contributed by atoms with E-state index >= 15 is 0 Å². The van der Waals surface area contributed by atoms with E-state index in [1.807, 2.05) is 21.0 Å². The molecule has 1 unspecified atom stereocenters. The van der Waals surface area contributed by atoms with Gasteiger partial charge in [0.05, 0.1) is 46.9 Å². The highest BCUT2D eigenvalue weighted by Gasteiger charge is 2.44. The monoisotopic (exact) mass is 456 g/mol. The number of ketones is 1. The molecular formula is C25H29FN2O5. The molecule has 1 atom stereocenters. The van der Waals surface area contributed by atoms with Crippen LogP contribution in [0.4, 0.5) is 4.39 Å². The molecule has 176 valence electrons. The third-order valence-corrected chi connectivity index (χ3v) is 5.45. The van der Waals surface area contributed by atoms with Crippen LogP contribution in [0.1, 0.15) is 30.5 Å². The van der Waals surface area contributed by atoms with Crippen molar-refractivity contribution in [2.45, 2.75) is 19.4 Å². The maximum Gasteiger partial charge on any atom is 0.295 e. The van der Waals surface area contributed by atoms with Crippen LogP contribution in [0.2, 0.25) is 0 Å². The predicted molar refractivity (Wildman–Crippen MR) is 119 cm³/mol. The first-order valence-electron chi connectivity index (χ1n) is 10.9. The zero-order valence-corrected chi connectivity index (χ0v) is 19.3. The molecule has 2 aromatic rings. The molecular weight excluding hydrogens is 427 g/mol. The standard InChI is InChI=1S/C25H29FN2O5/c1-5-14-33-19-11-8-17(15-20(19)32-4)22-21(23(29)16-6-9-18(26)10-7-16)24(30)25(31)28(22)13-12-27(2)3/h6-11,15,22,29H,5,12-14H2,1-4H3. The second kappa shape index (κ2) is 10.5. The molecule has 1 heterocycles. The van der Waals surface area contributed by atoms with Gasteiger partial charge in [-0.2, -0.15) is 0 Å². The van der Waals surface area contributed by atoms with Crippen molar-refractivity contribution in [1.29, 1.82) is 0 Å². The number of carbonyl (C=O) groups is 2. The lowest BCUT2D eigenvalue weighted by Crippen LogP contribution is -3.06. The minimum Gasteiger partial charge on any atom is -0.872 e.